The van der Waals surface area contributed by atoms with Crippen LogP contribution in [-0.4, -0.2) is 39.0 Å². The molecular weight excluding hydrogens is 292 g/mol. The molecule has 0 unspecified atom stereocenters. The van der Waals surface area contributed by atoms with Crippen LogP contribution in [0.15, 0.2) is 30.6 Å². The second-order valence-electron chi connectivity index (χ2n) is 5.78. The molecule has 2 aromatic heterocycles. The minimum absolute atomic E-state index is 0.187. The fraction of sp³-hybridized carbons (Fsp3) is 0.500. The van der Waals surface area contributed by atoms with Crippen molar-refractivity contribution in [1.82, 2.24) is 25.3 Å². The smallest absolute Gasteiger partial charge is 0.223 e. The fourth-order valence-electron chi connectivity index (χ4n) is 2.83. The third kappa shape index (κ3) is 4.28. The first-order valence-corrected chi connectivity index (χ1v) is 8.18. The molecule has 1 fully saturated rings. The molecule has 23 heavy (non-hydrogen) atoms. The summed E-state index contributed by atoms with van der Waals surface area (Å²) < 4.78 is 1.65. The molecule has 7 heteroatoms. The molecule has 0 atom stereocenters. The first-order valence-electron chi connectivity index (χ1n) is 8.18. The molecule has 0 radical (unpaired) electrons. The van der Waals surface area contributed by atoms with E-state index in [1.54, 1.807) is 10.9 Å². The minimum atomic E-state index is 0.187. The molecule has 2 heterocycles. The molecule has 2 N–H and O–H groups in total. The Bertz CT molecular complexity index is 604. The van der Waals surface area contributed by atoms with Gasteiger partial charge in [-0.3, -0.25) is 4.79 Å². The fourth-order valence-corrected chi connectivity index (χ4v) is 2.83. The number of hydrogen-bond donors (Lipinski definition) is 2. The molecule has 1 aliphatic rings. The molecule has 1 aliphatic carbocycles. The van der Waals surface area contributed by atoms with E-state index in [0.717, 1.165) is 12.8 Å². The second-order valence-corrected chi connectivity index (χ2v) is 5.78. The lowest BCUT2D eigenvalue weighted by atomic mass is 9.89. The van der Waals surface area contributed by atoms with E-state index in [1.165, 1.54) is 19.3 Å². The predicted octanol–water partition coefficient (Wildman–Crippen LogP) is 1.77. The highest BCUT2D eigenvalue weighted by Crippen LogP contribution is 2.23. The Morgan fingerprint density at radius 3 is 2.74 bits per heavy atom. The van der Waals surface area contributed by atoms with Crippen LogP contribution >= 0.6 is 0 Å². The summed E-state index contributed by atoms with van der Waals surface area (Å²) in [5, 5.41) is 18.5. The Morgan fingerprint density at radius 1 is 1.17 bits per heavy atom. The molecular formula is C16H22N6O. The number of rotatable bonds is 6. The van der Waals surface area contributed by atoms with Crippen LogP contribution in [0.1, 0.15) is 32.1 Å². The van der Waals surface area contributed by atoms with E-state index < -0.39 is 0 Å². The lowest BCUT2D eigenvalue weighted by molar-refractivity contribution is -0.125. The number of amides is 1. The third-order valence-corrected chi connectivity index (χ3v) is 4.10. The molecule has 3 rings (SSSR count). The maximum atomic E-state index is 12.0. The lowest BCUT2D eigenvalue weighted by Crippen LogP contribution is -2.35. The Labute approximate surface area is 135 Å². The van der Waals surface area contributed by atoms with Gasteiger partial charge in [0, 0.05) is 31.4 Å². The van der Waals surface area contributed by atoms with Gasteiger partial charge >= 0.3 is 0 Å². The van der Waals surface area contributed by atoms with Crippen LogP contribution < -0.4 is 10.6 Å². The molecule has 1 amide bonds. The van der Waals surface area contributed by atoms with Crippen LogP contribution in [0.4, 0.5) is 5.82 Å². The average Bonchev–Trinajstić information content (AvgIpc) is 3.14. The van der Waals surface area contributed by atoms with Crippen molar-refractivity contribution in [3.05, 3.63) is 30.6 Å². The van der Waals surface area contributed by atoms with Crippen molar-refractivity contribution in [2.75, 3.05) is 18.4 Å². The summed E-state index contributed by atoms with van der Waals surface area (Å²) in [6.45, 7) is 1.23. The van der Waals surface area contributed by atoms with Crippen molar-refractivity contribution in [2.24, 2.45) is 5.92 Å². The third-order valence-electron chi connectivity index (χ3n) is 4.10. The van der Waals surface area contributed by atoms with Crippen LogP contribution in [0.5, 0.6) is 0 Å². The Morgan fingerprint density at radius 2 is 2.04 bits per heavy atom. The zero-order valence-corrected chi connectivity index (χ0v) is 13.1. The van der Waals surface area contributed by atoms with Gasteiger partial charge < -0.3 is 10.6 Å². The van der Waals surface area contributed by atoms with Crippen LogP contribution in [0.2, 0.25) is 0 Å². The van der Waals surface area contributed by atoms with Crippen molar-refractivity contribution < 1.29 is 4.79 Å². The monoisotopic (exact) mass is 314 g/mol. The summed E-state index contributed by atoms with van der Waals surface area (Å²) in [5.74, 6) is 1.75. The number of nitrogens with zero attached hydrogens (tertiary/aromatic N) is 4. The minimum Gasteiger partial charge on any atom is -0.367 e. The SMILES string of the molecule is O=C(NCCNc1ccc(-n2cccn2)nn1)C1CCCCC1. The average molecular weight is 314 g/mol. The van der Waals surface area contributed by atoms with E-state index in [0.29, 0.717) is 24.7 Å². The number of hydrogen-bond acceptors (Lipinski definition) is 5. The van der Waals surface area contributed by atoms with E-state index in [2.05, 4.69) is 25.9 Å². The van der Waals surface area contributed by atoms with Gasteiger partial charge in [-0.2, -0.15) is 5.10 Å². The quantitative estimate of drug-likeness (QED) is 0.794. The largest absolute Gasteiger partial charge is 0.367 e. The molecule has 0 spiro atoms. The molecule has 122 valence electrons. The van der Waals surface area contributed by atoms with E-state index in [1.807, 2.05) is 24.4 Å². The van der Waals surface area contributed by atoms with Crippen LogP contribution in [0.3, 0.4) is 0 Å². The topological polar surface area (TPSA) is 84.7 Å². The van der Waals surface area contributed by atoms with Gasteiger partial charge in [-0.05, 0) is 31.0 Å². The Hall–Kier alpha value is -2.44. The Kier molecular flexibility index (Phi) is 5.18. The predicted molar refractivity (Wildman–Crippen MR) is 87.2 cm³/mol. The van der Waals surface area contributed by atoms with Gasteiger partial charge in [0.25, 0.3) is 0 Å². The van der Waals surface area contributed by atoms with Gasteiger partial charge in [-0.1, -0.05) is 19.3 Å². The normalized spacial score (nSPS) is 15.3. The van der Waals surface area contributed by atoms with Gasteiger partial charge in [0.2, 0.25) is 5.91 Å². The van der Waals surface area contributed by atoms with Gasteiger partial charge in [-0.15, -0.1) is 10.2 Å². The highest BCUT2D eigenvalue weighted by Gasteiger charge is 2.20. The summed E-state index contributed by atoms with van der Waals surface area (Å²) in [6, 6.07) is 5.54. The molecule has 0 saturated heterocycles. The lowest BCUT2D eigenvalue weighted by Gasteiger charge is -2.20. The highest BCUT2D eigenvalue weighted by molar-refractivity contribution is 5.78. The van der Waals surface area contributed by atoms with Crippen LogP contribution in [0.25, 0.3) is 5.82 Å². The summed E-state index contributed by atoms with van der Waals surface area (Å²) in [6.07, 6.45) is 9.18. The zero-order valence-electron chi connectivity index (χ0n) is 13.1. The van der Waals surface area contributed by atoms with Gasteiger partial charge in [0.15, 0.2) is 5.82 Å². The molecule has 0 aliphatic heterocycles. The molecule has 0 aromatic carbocycles. The summed E-state index contributed by atoms with van der Waals surface area (Å²) in [5.41, 5.74) is 0. The zero-order chi connectivity index (χ0) is 15.9. The van der Waals surface area contributed by atoms with Gasteiger partial charge in [-0.25, -0.2) is 4.68 Å². The number of nitrogens with one attached hydrogen (secondary N) is 2. The van der Waals surface area contributed by atoms with Crippen LogP contribution in [0, 0.1) is 5.92 Å². The summed E-state index contributed by atoms with van der Waals surface area (Å²) >= 11 is 0. The van der Waals surface area contributed by atoms with Crippen molar-refractivity contribution in [3.8, 4) is 5.82 Å². The van der Waals surface area contributed by atoms with E-state index >= 15 is 0 Å². The number of carbonyl (C=O) groups is 1. The highest BCUT2D eigenvalue weighted by atomic mass is 16.1. The van der Waals surface area contributed by atoms with Crippen molar-refractivity contribution in [2.45, 2.75) is 32.1 Å². The van der Waals surface area contributed by atoms with Crippen molar-refractivity contribution in [1.29, 1.82) is 0 Å². The molecule has 7 nitrogen and oxygen atoms in total. The number of aromatic nitrogens is 4. The summed E-state index contributed by atoms with van der Waals surface area (Å²) in [7, 11) is 0. The first kappa shape index (κ1) is 15.5. The Balaban J connectivity index is 1.39. The number of anilines is 1. The second kappa shape index (κ2) is 7.71. The van der Waals surface area contributed by atoms with Gasteiger partial charge in [0.05, 0.1) is 0 Å². The van der Waals surface area contributed by atoms with E-state index in [9.17, 15) is 4.79 Å². The number of carbonyl (C=O) groups excluding carboxylic acids is 1. The first-order chi connectivity index (χ1) is 11.3. The maximum absolute atomic E-state index is 12.0. The summed E-state index contributed by atoms with van der Waals surface area (Å²) in [4.78, 5) is 12.0. The molecule has 1 saturated carbocycles. The van der Waals surface area contributed by atoms with Crippen LogP contribution in [-0.2, 0) is 4.79 Å². The van der Waals surface area contributed by atoms with Crippen molar-refractivity contribution >= 4 is 11.7 Å². The maximum Gasteiger partial charge on any atom is 0.223 e. The van der Waals surface area contributed by atoms with Crippen molar-refractivity contribution in [3.63, 3.8) is 0 Å². The van der Waals surface area contributed by atoms with E-state index in [4.69, 9.17) is 0 Å². The van der Waals surface area contributed by atoms with E-state index in [-0.39, 0.29) is 11.8 Å². The standard InChI is InChI=1S/C16H22N6O/c23-16(13-5-2-1-3-6-13)18-11-10-17-14-7-8-15(21-20-14)22-12-4-9-19-22/h4,7-9,12-13H,1-3,5-6,10-11H2,(H,17,20)(H,18,23). The molecule has 2 aromatic rings. The molecule has 0 bridgehead atoms. The van der Waals surface area contributed by atoms with Gasteiger partial charge in [0.1, 0.15) is 5.82 Å².